The van der Waals surface area contributed by atoms with Crippen LogP contribution in [0.5, 0.6) is 5.75 Å². The van der Waals surface area contributed by atoms with Crippen LogP contribution in [-0.4, -0.2) is 36.1 Å². The van der Waals surface area contributed by atoms with E-state index in [-0.39, 0.29) is 11.8 Å². The highest BCUT2D eigenvalue weighted by Gasteiger charge is 2.27. The van der Waals surface area contributed by atoms with Crippen molar-refractivity contribution >= 4 is 39.0 Å². The lowest BCUT2D eigenvalue weighted by atomic mass is 9.95. The van der Waals surface area contributed by atoms with Crippen molar-refractivity contribution < 1.29 is 9.53 Å². The molecule has 32 heavy (non-hydrogen) atoms. The van der Waals surface area contributed by atoms with Gasteiger partial charge in [-0.2, -0.15) is 0 Å². The summed E-state index contributed by atoms with van der Waals surface area (Å²) in [6, 6.07) is 17.7. The Bertz CT molecular complexity index is 1220. The van der Waals surface area contributed by atoms with E-state index in [4.69, 9.17) is 4.74 Å². The molecule has 5 rings (SSSR count). The van der Waals surface area contributed by atoms with E-state index >= 15 is 0 Å². The number of amides is 1. The number of carbonyl (C=O) groups excluding carboxylic acids is 1. The van der Waals surface area contributed by atoms with E-state index in [0.29, 0.717) is 0 Å². The first-order chi connectivity index (χ1) is 15.7. The van der Waals surface area contributed by atoms with Gasteiger partial charge in [-0.15, -0.1) is 11.3 Å². The number of nitrogens with one attached hydrogen (secondary N) is 1. The fraction of sp³-hybridized carbons (Fsp3) is 0.240. The summed E-state index contributed by atoms with van der Waals surface area (Å²) < 4.78 is 5.30. The molecule has 1 fully saturated rings. The van der Waals surface area contributed by atoms with Gasteiger partial charge in [-0.25, -0.2) is 9.97 Å². The van der Waals surface area contributed by atoms with E-state index in [2.05, 4.69) is 37.7 Å². The van der Waals surface area contributed by atoms with Crippen molar-refractivity contribution in [1.29, 1.82) is 0 Å². The van der Waals surface area contributed by atoms with Crippen LogP contribution in [0.4, 0.5) is 11.5 Å². The van der Waals surface area contributed by atoms with Crippen LogP contribution in [0, 0.1) is 5.92 Å². The summed E-state index contributed by atoms with van der Waals surface area (Å²) in [5, 5.41) is 6.26. The molecule has 1 amide bonds. The summed E-state index contributed by atoms with van der Waals surface area (Å²) in [4.78, 5) is 25.1. The Balaban J connectivity index is 1.35. The molecule has 0 aliphatic carbocycles. The zero-order valence-corrected chi connectivity index (χ0v) is 18.6. The second-order valence-corrected chi connectivity index (χ2v) is 8.73. The van der Waals surface area contributed by atoms with Gasteiger partial charge in [0.2, 0.25) is 5.91 Å². The molecule has 1 N–H and O–H groups in total. The van der Waals surface area contributed by atoms with Crippen LogP contribution in [-0.2, 0) is 4.79 Å². The Morgan fingerprint density at radius 2 is 1.81 bits per heavy atom. The summed E-state index contributed by atoms with van der Waals surface area (Å²) in [6.07, 6.45) is 3.23. The van der Waals surface area contributed by atoms with Gasteiger partial charge in [0.25, 0.3) is 0 Å². The third-order valence-electron chi connectivity index (χ3n) is 5.96. The number of anilines is 2. The van der Waals surface area contributed by atoms with E-state index in [1.165, 1.54) is 0 Å². The minimum atomic E-state index is 0.00678. The molecule has 2 aromatic heterocycles. The van der Waals surface area contributed by atoms with Crippen LogP contribution in [0.25, 0.3) is 21.3 Å². The lowest BCUT2D eigenvalue weighted by Crippen LogP contribution is -2.38. The molecule has 1 aliphatic heterocycles. The highest BCUT2D eigenvalue weighted by atomic mass is 32.1. The normalized spacial score (nSPS) is 14.5. The van der Waals surface area contributed by atoms with Crippen molar-refractivity contribution in [1.82, 2.24) is 9.97 Å². The number of thiophene rings is 1. The van der Waals surface area contributed by atoms with Crippen molar-refractivity contribution in [3.63, 3.8) is 0 Å². The van der Waals surface area contributed by atoms with Crippen LogP contribution < -0.4 is 15.0 Å². The summed E-state index contributed by atoms with van der Waals surface area (Å²) >= 11 is 1.63. The molecule has 0 unspecified atom stereocenters. The predicted octanol–water partition coefficient (Wildman–Crippen LogP) is 5.22. The van der Waals surface area contributed by atoms with Crippen LogP contribution in [0.2, 0.25) is 0 Å². The number of benzene rings is 2. The Morgan fingerprint density at radius 1 is 1.06 bits per heavy atom. The summed E-state index contributed by atoms with van der Waals surface area (Å²) in [7, 11) is 1.67. The van der Waals surface area contributed by atoms with Gasteiger partial charge in [-0.1, -0.05) is 30.3 Å². The van der Waals surface area contributed by atoms with Crippen molar-refractivity contribution in [3.05, 3.63) is 66.3 Å². The zero-order valence-electron chi connectivity index (χ0n) is 17.8. The molecule has 0 radical (unpaired) electrons. The molecule has 0 bridgehead atoms. The number of hydrogen-bond acceptors (Lipinski definition) is 6. The first kappa shape index (κ1) is 20.5. The monoisotopic (exact) mass is 444 g/mol. The second-order valence-electron chi connectivity index (χ2n) is 7.87. The number of methoxy groups -OCH3 is 1. The van der Waals surface area contributed by atoms with Crippen molar-refractivity contribution in [3.8, 4) is 16.9 Å². The minimum Gasteiger partial charge on any atom is -0.497 e. The molecule has 0 saturated carbocycles. The van der Waals surface area contributed by atoms with Crippen LogP contribution in [0.15, 0.2) is 66.3 Å². The van der Waals surface area contributed by atoms with Crippen molar-refractivity contribution in [2.24, 2.45) is 5.92 Å². The van der Waals surface area contributed by atoms with E-state index < -0.39 is 0 Å². The molecule has 7 heteroatoms. The summed E-state index contributed by atoms with van der Waals surface area (Å²) in [5.74, 6) is 1.88. The smallest absolute Gasteiger partial charge is 0.227 e. The van der Waals surface area contributed by atoms with E-state index in [1.807, 2.05) is 42.5 Å². The maximum atomic E-state index is 12.7. The zero-order chi connectivity index (χ0) is 21.9. The Hall–Kier alpha value is -3.45. The van der Waals surface area contributed by atoms with E-state index in [9.17, 15) is 4.79 Å². The maximum Gasteiger partial charge on any atom is 0.227 e. The van der Waals surface area contributed by atoms with Crippen molar-refractivity contribution in [2.45, 2.75) is 12.8 Å². The molecule has 1 saturated heterocycles. The molecule has 2 aromatic carbocycles. The topological polar surface area (TPSA) is 67.4 Å². The van der Waals surface area contributed by atoms with Crippen LogP contribution >= 0.6 is 11.3 Å². The molecular weight excluding hydrogens is 420 g/mol. The number of nitrogens with zero attached hydrogens (tertiary/aromatic N) is 3. The molecule has 1 aliphatic rings. The van der Waals surface area contributed by atoms with Gasteiger partial charge in [0, 0.05) is 35.6 Å². The number of rotatable bonds is 5. The van der Waals surface area contributed by atoms with Gasteiger partial charge in [0.15, 0.2) is 0 Å². The lowest BCUT2D eigenvalue weighted by Gasteiger charge is -2.32. The second kappa shape index (κ2) is 8.96. The van der Waals surface area contributed by atoms with Crippen LogP contribution in [0.3, 0.4) is 0 Å². The first-order valence-corrected chi connectivity index (χ1v) is 11.6. The van der Waals surface area contributed by atoms with Gasteiger partial charge in [0.05, 0.1) is 12.5 Å². The number of aromatic nitrogens is 2. The fourth-order valence-corrected chi connectivity index (χ4v) is 5.11. The van der Waals surface area contributed by atoms with E-state index in [0.717, 1.165) is 64.5 Å². The summed E-state index contributed by atoms with van der Waals surface area (Å²) in [5.41, 5.74) is 3.09. The molecular formula is C25H24N4O2S. The Kier molecular flexibility index (Phi) is 5.73. The van der Waals surface area contributed by atoms with Gasteiger partial charge < -0.3 is 15.0 Å². The Morgan fingerprint density at radius 3 is 2.53 bits per heavy atom. The van der Waals surface area contributed by atoms with E-state index in [1.54, 1.807) is 24.8 Å². The predicted molar refractivity (Wildman–Crippen MR) is 129 cm³/mol. The number of piperidine rings is 1. The number of fused-ring (bicyclic) bond motifs is 1. The quantitative estimate of drug-likeness (QED) is 0.457. The number of ether oxygens (including phenoxy) is 1. The molecule has 0 atom stereocenters. The average molecular weight is 445 g/mol. The minimum absolute atomic E-state index is 0.00678. The number of carbonyl (C=O) groups is 1. The SMILES string of the molecule is COc1ccc(-c2csc3ncnc(N4CCC(C(=O)Nc5ccccc5)CC4)c23)cc1. The molecule has 3 heterocycles. The highest BCUT2D eigenvalue weighted by molar-refractivity contribution is 7.17. The molecule has 6 nitrogen and oxygen atoms in total. The Labute approximate surface area is 190 Å². The van der Waals surface area contributed by atoms with Gasteiger partial charge in [-0.3, -0.25) is 4.79 Å². The highest BCUT2D eigenvalue weighted by Crippen LogP contribution is 2.39. The number of hydrogen-bond donors (Lipinski definition) is 1. The van der Waals surface area contributed by atoms with Gasteiger partial charge in [-0.05, 0) is 42.7 Å². The average Bonchev–Trinajstić information content (AvgIpc) is 3.29. The summed E-state index contributed by atoms with van der Waals surface area (Å²) in [6.45, 7) is 1.58. The standard InChI is InChI=1S/C25H24N4O2S/c1-31-20-9-7-17(8-10-20)21-15-32-25-22(21)23(26-16-27-25)29-13-11-18(12-14-29)24(30)28-19-5-3-2-4-6-19/h2-10,15-16,18H,11-14H2,1H3,(H,28,30). The molecule has 162 valence electrons. The fourth-order valence-electron chi connectivity index (χ4n) is 4.20. The van der Waals surface area contributed by atoms with Crippen molar-refractivity contribution in [2.75, 3.05) is 30.4 Å². The lowest BCUT2D eigenvalue weighted by molar-refractivity contribution is -0.120. The van der Waals surface area contributed by atoms with Gasteiger partial charge >= 0.3 is 0 Å². The molecule has 4 aromatic rings. The third kappa shape index (κ3) is 4.03. The third-order valence-corrected chi connectivity index (χ3v) is 6.84. The molecule has 0 spiro atoms. The first-order valence-electron chi connectivity index (χ1n) is 10.7. The largest absolute Gasteiger partial charge is 0.497 e. The number of para-hydroxylation sites is 1. The van der Waals surface area contributed by atoms with Gasteiger partial charge in [0.1, 0.15) is 22.7 Å². The maximum absolute atomic E-state index is 12.7. The van der Waals surface area contributed by atoms with Crippen LogP contribution in [0.1, 0.15) is 12.8 Å².